The van der Waals surface area contributed by atoms with Crippen LogP contribution in [0.5, 0.6) is 0 Å². The van der Waals surface area contributed by atoms with E-state index in [1.807, 2.05) is 29.2 Å². The largest absolute Gasteiger partial charge is 0.340 e. The monoisotopic (exact) mass is 349 g/mol. The van der Waals surface area contributed by atoms with Crippen molar-refractivity contribution >= 4 is 16.9 Å². The van der Waals surface area contributed by atoms with Crippen LogP contribution in [0.25, 0.3) is 11.0 Å². The lowest BCUT2D eigenvalue weighted by molar-refractivity contribution is 0.0594. The molecule has 1 unspecified atom stereocenters. The van der Waals surface area contributed by atoms with E-state index < -0.39 is 0 Å². The van der Waals surface area contributed by atoms with Crippen molar-refractivity contribution in [2.75, 3.05) is 6.54 Å². The topological polar surface area (TPSA) is 77.7 Å². The summed E-state index contributed by atoms with van der Waals surface area (Å²) in [5, 5.41) is 7.50. The molecule has 0 spiro atoms. The molecule has 26 heavy (non-hydrogen) atoms. The van der Waals surface area contributed by atoms with E-state index in [2.05, 4.69) is 15.2 Å². The maximum atomic E-state index is 13.3. The molecule has 1 amide bonds. The quantitative estimate of drug-likeness (QED) is 0.743. The number of aryl methyl sites for hydroxylation is 1. The lowest BCUT2D eigenvalue weighted by Gasteiger charge is -2.34. The highest BCUT2D eigenvalue weighted by molar-refractivity contribution is 5.94. The van der Waals surface area contributed by atoms with Gasteiger partial charge in [-0.2, -0.15) is 5.10 Å². The molecular formula is C20H23N5O. The molecule has 5 rings (SSSR count). The zero-order chi connectivity index (χ0) is 17.5. The molecule has 0 saturated carbocycles. The Morgan fingerprint density at radius 1 is 1.12 bits per heavy atom. The lowest BCUT2D eigenvalue weighted by atomic mass is 9.94. The number of likely N-dealkylation sites (tertiary alicyclic amines) is 1. The Hall–Kier alpha value is -2.63. The van der Waals surface area contributed by atoms with Gasteiger partial charge in [0.25, 0.3) is 5.91 Å². The van der Waals surface area contributed by atoms with Crippen molar-refractivity contribution in [2.24, 2.45) is 0 Å². The fourth-order valence-electron chi connectivity index (χ4n) is 4.38. The van der Waals surface area contributed by atoms with Crippen molar-refractivity contribution in [3.63, 3.8) is 0 Å². The van der Waals surface area contributed by atoms with E-state index in [0.717, 1.165) is 73.2 Å². The number of carbonyl (C=O) groups is 1. The number of hydrogen-bond donors (Lipinski definition) is 2. The van der Waals surface area contributed by atoms with Gasteiger partial charge in [0.15, 0.2) is 5.69 Å². The summed E-state index contributed by atoms with van der Waals surface area (Å²) in [6.07, 6.45) is 7.37. The second kappa shape index (κ2) is 6.27. The zero-order valence-electron chi connectivity index (χ0n) is 14.8. The third-order valence-corrected chi connectivity index (χ3v) is 5.75. The summed E-state index contributed by atoms with van der Waals surface area (Å²) in [6, 6.07) is 8.04. The van der Waals surface area contributed by atoms with Crippen molar-refractivity contribution in [2.45, 2.75) is 51.0 Å². The Balaban J connectivity index is 1.49. The van der Waals surface area contributed by atoms with Gasteiger partial charge in [-0.25, -0.2) is 4.98 Å². The van der Waals surface area contributed by atoms with Crippen LogP contribution in [0, 0.1) is 0 Å². The fourth-order valence-corrected chi connectivity index (χ4v) is 4.38. The predicted molar refractivity (Wildman–Crippen MR) is 99.0 cm³/mol. The van der Waals surface area contributed by atoms with E-state index in [9.17, 15) is 4.79 Å². The van der Waals surface area contributed by atoms with Gasteiger partial charge in [-0.1, -0.05) is 12.1 Å². The molecule has 1 saturated heterocycles. The Morgan fingerprint density at radius 2 is 2.00 bits per heavy atom. The Bertz CT molecular complexity index is 923. The third-order valence-electron chi connectivity index (χ3n) is 5.75. The molecule has 1 fully saturated rings. The molecule has 2 aliphatic rings. The Morgan fingerprint density at radius 3 is 2.92 bits per heavy atom. The van der Waals surface area contributed by atoms with Gasteiger partial charge < -0.3 is 9.88 Å². The summed E-state index contributed by atoms with van der Waals surface area (Å²) >= 11 is 0. The number of rotatable bonds is 2. The van der Waals surface area contributed by atoms with Crippen molar-refractivity contribution in [3.8, 4) is 0 Å². The van der Waals surface area contributed by atoms with Crippen LogP contribution in [0.2, 0.25) is 0 Å². The maximum absolute atomic E-state index is 13.3. The van der Waals surface area contributed by atoms with Crippen LogP contribution in [-0.4, -0.2) is 37.5 Å². The van der Waals surface area contributed by atoms with Gasteiger partial charge in [-0.15, -0.1) is 0 Å². The standard InChI is InChI=1S/C20H23N5O/c26-20(18-13-7-1-2-8-14(13)23-24-18)25-12-6-5-11-17(25)19-21-15-9-3-4-10-16(15)22-19/h3-4,9-10,17H,1-2,5-8,11-12H2,(H,21,22)(H,23,24). The van der Waals surface area contributed by atoms with Crippen LogP contribution in [0.4, 0.5) is 0 Å². The minimum Gasteiger partial charge on any atom is -0.340 e. The second-order valence-corrected chi connectivity index (χ2v) is 7.39. The Labute approximate surface area is 152 Å². The molecule has 0 bridgehead atoms. The number of aromatic amines is 2. The molecule has 3 aromatic rings. The Kier molecular flexibility index (Phi) is 3.76. The first kappa shape index (κ1) is 15.6. The molecule has 2 N–H and O–H groups in total. The van der Waals surface area contributed by atoms with Crippen molar-refractivity contribution in [1.82, 2.24) is 25.1 Å². The van der Waals surface area contributed by atoms with Gasteiger partial charge in [0.1, 0.15) is 5.82 Å². The van der Waals surface area contributed by atoms with Crippen LogP contribution in [-0.2, 0) is 12.8 Å². The summed E-state index contributed by atoms with van der Waals surface area (Å²) in [5.41, 5.74) is 4.89. The number of piperidine rings is 1. The molecule has 3 heterocycles. The molecule has 1 aromatic carbocycles. The van der Waals surface area contributed by atoms with E-state index in [0.29, 0.717) is 5.69 Å². The smallest absolute Gasteiger partial charge is 0.275 e. The summed E-state index contributed by atoms with van der Waals surface area (Å²) < 4.78 is 0. The normalized spacial score (nSPS) is 20.3. The predicted octanol–water partition coefficient (Wildman–Crippen LogP) is 3.53. The van der Waals surface area contributed by atoms with Gasteiger partial charge in [0, 0.05) is 17.8 Å². The molecule has 6 heteroatoms. The van der Waals surface area contributed by atoms with Gasteiger partial charge in [-0.05, 0) is 57.1 Å². The van der Waals surface area contributed by atoms with Crippen LogP contribution in [0.3, 0.4) is 0 Å². The summed E-state index contributed by atoms with van der Waals surface area (Å²) in [7, 11) is 0. The van der Waals surface area contributed by atoms with Gasteiger partial charge in [0.2, 0.25) is 0 Å². The number of benzene rings is 1. The lowest BCUT2D eigenvalue weighted by Crippen LogP contribution is -2.39. The van der Waals surface area contributed by atoms with Crippen LogP contribution in [0.15, 0.2) is 24.3 Å². The molecule has 1 aliphatic carbocycles. The van der Waals surface area contributed by atoms with Gasteiger partial charge in [-0.3, -0.25) is 9.89 Å². The van der Waals surface area contributed by atoms with Crippen molar-refractivity contribution in [3.05, 3.63) is 47.0 Å². The summed E-state index contributed by atoms with van der Waals surface area (Å²) in [5.74, 6) is 0.943. The SMILES string of the molecule is O=C(c1n[nH]c2c1CCCC2)N1CCCCC1c1nc2ccccc2[nH]1. The number of hydrogen-bond acceptors (Lipinski definition) is 3. The van der Waals surface area contributed by atoms with E-state index in [4.69, 9.17) is 4.98 Å². The number of nitrogens with one attached hydrogen (secondary N) is 2. The fraction of sp³-hybridized carbons (Fsp3) is 0.450. The molecular weight excluding hydrogens is 326 g/mol. The summed E-state index contributed by atoms with van der Waals surface area (Å²) in [4.78, 5) is 23.5. The first-order valence-electron chi connectivity index (χ1n) is 9.63. The number of nitrogens with zero attached hydrogens (tertiary/aromatic N) is 3. The zero-order valence-corrected chi connectivity index (χ0v) is 14.8. The second-order valence-electron chi connectivity index (χ2n) is 7.39. The highest BCUT2D eigenvalue weighted by Gasteiger charge is 2.33. The van der Waals surface area contributed by atoms with E-state index >= 15 is 0 Å². The number of imidazole rings is 1. The molecule has 134 valence electrons. The van der Waals surface area contributed by atoms with Crippen LogP contribution < -0.4 is 0 Å². The number of H-pyrrole nitrogens is 2. The average Bonchev–Trinajstić information content (AvgIpc) is 3.31. The number of aromatic nitrogens is 4. The number of carbonyl (C=O) groups excluding carboxylic acids is 1. The van der Waals surface area contributed by atoms with Crippen molar-refractivity contribution in [1.29, 1.82) is 0 Å². The molecule has 1 atom stereocenters. The third kappa shape index (κ3) is 2.52. The highest BCUT2D eigenvalue weighted by atomic mass is 16.2. The van der Waals surface area contributed by atoms with Crippen molar-refractivity contribution < 1.29 is 4.79 Å². The number of para-hydroxylation sites is 2. The van der Waals surface area contributed by atoms with Gasteiger partial charge in [0.05, 0.1) is 17.1 Å². The first-order valence-corrected chi connectivity index (χ1v) is 9.63. The van der Waals surface area contributed by atoms with Crippen LogP contribution >= 0.6 is 0 Å². The summed E-state index contributed by atoms with van der Waals surface area (Å²) in [6.45, 7) is 0.766. The van der Waals surface area contributed by atoms with Crippen LogP contribution in [0.1, 0.15) is 65.7 Å². The minimum atomic E-state index is -0.000379. The average molecular weight is 349 g/mol. The van der Waals surface area contributed by atoms with E-state index in [1.165, 1.54) is 6.42 Å². The van der Waals surface area contributed by atoms with Gasteiger partial charge >= 0.3 is 0 Å². The highest BCUT2D eigenvalue weighted by Crippen LogP contribution is 2.33. The maximum Gasteiger partial charge on any atom is 0.275 e. The molecule has 0 radical (unpaired) electrons. The minimum absolute atomic E-state index is 0.000379. The molecule has 1 aliphatic heterocycles. The number of amides is 1. The molecule has 6 nitrogen and oxygen atoms in total. The number of fused-ring (bicyclic) bond motifs is 2. The van der Waals surface area contributed by atoms with E-state index in [1.54, 1.807) is 0 Å². The van der Waals surface area contributed by atoms with E-state index in [-0.39, 0.29) is 11.9 Å². The first-order chi connectivity index (χ1) is 12.8. The molecule has 2 aromatic heterocycles.